The summed E-state index contributed by atoms with van der Waals surface area (Å²) in [4.78, 5) is 83.4. The Morgan fingerprint density at radius 2 is 1.51 bits per heavy atom. The lowest BCUT2D eigenvalue weighted by atomic mass is 9.70. The minimum absolute atomic E-state index is 0.0185. The molecule has 4 aliphatic carbocycles. The molecule has 1 heterocycles. The van der Waals surface area contributed by atoms with Gasteiger partial charge in [-0.2, -0.15) is 0 Å². The topological polar surface area (TPSA) is 175 Å². The lowest BCUT2D eigenvalue weighted by Gasteiger charge is -2.43. The molecule has 0 bridgehead atoms. The van der Waals surface area contributed by atoms with Crippen LogP contribution in [0.25, 0.3) is 0 Å². The Morgan fingerprint density at radius 1 is 0.849 bits per heavy atom. The van der Waals surface area contributed by atoms with Gasteiger partial charge in [0.2, 0.25) is 17.6 Å². The van der Waals surface area contributed by atoms with Crippen LogP contribution in [0.2, 0.25) is 0 Å². The zero-order chi connectivity index (χ0) is 38.5. The van der Waals surface area contributed by atoms with Gasteiger partial charge < -0.3 is 36.2 Å². The summed E-state index contributed by atoms with van der Waals surface area (Å²) in [6, 6.07) is -3.79. The summed E-state index contributed by atoms with van der Waals surface area (Å²) in [6.45, 7) is 12.8. The number of Topliss-reactive ketones (excluding diaryl/α,β-unsaturated/α-hetero) is 1. The fourth-order valence-corrected chi connectivity index (χ4v) is 8.02. The molecule has 0 aromatic carbocycles. The van der Waals surface area contributed by atoms with E-state index >= 15 is 0 Å². The summed E-state index contributed by atoms with van der Waals surface area (Å²) in [5, 5.41) is 14.6. The van der Waals surface area contributed by atoms with Crippen LogP contribution in [0.5, 0.6) is 0 Å². The number of carbonyl (C=O) groups is 6. The predicted octanol–water partition coefficient (Wildman–Crippen LogP) is 4.57. The fourth-order valence-electron chi connectivity index (χ4n) is 8.02. The maximum atomic E-state index is 14.9. The number of hydrogen-bond donors (Lipinski definition) is 5. The van der Waals surface area contributed by atoms with Gasteiger partial charge in [0.05, 0.1) is 12.1 Å². The highest BCUT2D eigenvalue weighted by Crippen LogP contribution is 2.41. The molecule has 0 aromatic rings. The molecule has 5 atom stereocenters. The second kappa shape index (κ2) is 17.4. The molecular formula is C40H66N6O7. The van der Waals surface area contributed by atoms with E-state index in [4.69, 9.17) is 4.74 Å². The van der Waals surface area contributed by atoms with Crippen molar-refractivity contribution in [3.8, 4) is 0 Å². The van der Waals surface area contributed by atoms with Crippen molar-refractivity contribution in [1.29, 1.82) is 0 Å². The second-order valence-electron chi connectivity index (χ2n) is 18.5. The molecule has 298 valence electrons. The van der Waals surface area contributed by atoms with Gasteiger partial charge in [0.25, 0.3) is 5.91 Å². The molecule has 5 N–H and O–H groups in total. The fraction of sp³-hybridized carbons (Fsp3) is 0.850. The van der Waals surface area contributed by atoms with Gasteiger partial charge in [-0.15, -0.1) is 0 Å². The van der Waals surface area contributed by atoms with E-state index in [1.807, 2.05) is 41.5 Å². The molecule has 1 saturated heterocycles. The summed E-state index contributed by atoms with van der Waals surface area (Å²) >= 11 is 0. The Kier molecular flexibility index (Phi) is 13.4. The highest BCUT2D eigenvalue weighted by atomic mass is 16.5. The van der Waals surface area contributed by atoms with Crippen molar-refractivity contribution in [2.45, 2.75) is 162 Å². The maximum Gasteiger partial charge on any atom is 0.407 e. The molecule has 4 saturated carbocycles. The highest BCUT2D eigenvalue weighted by molar-refractivity contribution is 6.38. The summed E-state index contributed by atoms with van der Waals surface area (Å²) in [5.41, 5.74) is -1.02. The number of nitrogens with zero attached hydrogens (tertiary/aromatic N) is 1. The van der Waals surface area contributed by atoms with Gasteiger partial charge in [0.15, 0.2) is 0 Å². The number of ketones is 1. The van der Waals surface area contributed by atoms with Crippen LogP contribution in [-0.2, 0) is 23.9 Å². The van der Waals surface area contributed by atoms with E-state index < -0.39 is 64.7 Å². The normalized spacial score (nSPS) is 24.4. The number of urea groups is 1. The SMILES string of the molecule is CC(C)[C@H]1CCN(C(=O)C(NC(=O)NC(COC(=O)NCC2CC2)C(C)(C)C)C2(C)CCCCC2)[C@@H]1C(=O)NC(CCC1CC1)C(=O)C(=O)NC1CC1. The third-order valence-corrected chi connectivity index (χ3v) is 12.4. The molecule has 13 nitrogen and oxygen atoms in total. The first-order chi connectivity index (χ1) is 25.1. The van der Waals surface area contributed by atoms with Gasteiger partial charge in [-0.25, -0.2) is 9.59 Å². The largest absolute Gasteiger partial charge is 0.447 e. The lowest BCUT2D eigenvalue weighted by molar-refractivity contribution is -0.145. The van der Waals surface area contributed by atoms with Gasteiger partial charge in [-0.1, -0.05) is 73.6 Å². The lowest BCUT2D eigenvalue weighted by Crippen LogP contribution is -2.63. The first-order valence-electron chi connectivity index (χ1n) is 20.5. The first-order valence-corrected chi connectivity index (χ1v) is 20.5. The molecule has 5 fully saturated rings. The van der Waals surface area contributed by atoms with E-state index in [0.29, 0.717) is 37.8 Å². The average molecular weight is 743 g/mol. The van der Waals surface area contributed by atoms with E-state index in [1.165, 1.54) is 0 Å². The molecule has 0 radical (unpaired) electrons. The standard InChI is InChI=1S/C40H66N6O7/c1-24(2)28-18-21-46(31(28)34(48)43-29(17-14-25-10-11-25)32(47)35(49)42-27-15-16-27)36(50)33(40(6)19-8-7-9-20-40)45-37(51)44-30(39(3,4)5)23-53-38(52)41-22-26-12-13-26/h24-31,33H,7-23H2,1-6H3,(H,41,52)(H,42,49)(H,43,48)(H2,44,45,51)/t28-,29?,30?,31+,33?/m1/s1. The van der Waals surface area contributed by atoms with Crippen molar-refractivity contribution in [1.82, 2.24) is 31.5 Å². The van der Waals surface area contributed by atoms with Crippen molar-refractivity contribution in [2.24, 2.45) is 34.5 Å². The number of likely N-dealkylation sites (tertiary alicyclic amines) is 1. The first kappa shape index (κ1) is 40.8. The summed E-state index contributed by atoms with van der Waals surface area (Å²) in [6.07, 6.45) is 11.7. The van der Waals surface area contributed by atoms with E-state index in [9.17, 15) is 28.8 Å². The molecule has 53 heavy (non-hydrogen) atoms. The van der Waals surface area contributed by atoms with E-state index in [2.05, 4.69) is 26.6 Å². The van der Waals surface area contributed by atoms with Crippen molar-refractivity contribution in [2.75, 3.05) is 19.7 Å². The highest BCUT2D eigenvalue weighted by Gasteiger charge is 2.50. The maximum absolute atomic E-state index is 14.9. The Morgan fingerprint density at radius 3 is 2.09 bits per heavy atom. The number of amides is 6. The number of alkyl carbamates (subject to hydrolysis) is 1. The minimum atomic E-state index is -0.963. The van der Waals surface area contributed by atoms with Crippen LogP contribution in [0.3, 0.4) is 0 Å². The smallest absolute Gasteiger partial charge is 0.407 e. The van der Waals surface area contributed by atoms with Gasteiger partial charge in [-0.05, 0) is 92.3 Å². The average Bonchev–Trinajstić information content (AvgIpc) is 3.98. The summed E-state index contributed by atoms with van der Waals surface area (Å²) in [7, 11) is 0. The molecule has 1 aliphatic heterocycles. The van der Waals surface area contributed by atoms with Gasteiger partial charge in [0.1, 0.15) is 18.7 Å². The van der Waals surface area contributed by atoms with Crippen molar-refractivity contribution < 1.29 is 33.5 Å². The third-order valence-electron chi connectivity index (χ3n) is 12.4. The van der Waals surface area contributed by atoms with Crippen LogP contribution in [0, 0.1) is 34.5 Å². The number of carbonyl (C=O) groups excluding carboxylic acids is 6. The Balaban J connectivity index is 1.32. The van der Waals surface area contributed by atoms with Crippen LogP contribution in [-0.4, -0.2) is 90.4 Å². The van der Waals surface area contributed by atoms with Crippen LogP contribution in [0.4, 0.5) is 9.59 Å². The van der Waals surface area contributed by atoms with E-state index in [1.54, 1.807) is 4.90 Å². The molecule has 6 amide bonds. The summed E-state index contributed by atoms with van der Waals surface area (Å²) < 4.78 is 5.51. The number of rotatable bonds is 17. The minimum Gasteiger partial charge on any atom is -0.447 e. The summed E-state index contributed by atoms with van der Waals surface area (Å²) in [5.74, 6) is -1.12. The Labute approximate surface area is 316 Å². The van der Waals surface area contributed by atoms with Gasteiger partial charge in [0, 0.05) is 19.1 Å². The zero-order valence-electron chi connectivity index (χ0n) is 33.0. The van der Waals surface area contributed by atoms with Crippen LogP contribution in [0.15, 0.2) is 0 Å². The van der Waals surface area contributed by atoms with E-state index in [0.717, 1.165) is 77.0 Å². The second-order valence-corrected chi connectivity index (χ2v) is 18.5. The molecule has 13 heteroatoms. The van der Waals surface area contributed by atoms with Gasteiger partial charge in [-0.3, -0.25) is 19.2 Å². The van der Waals surface area contributed by atoms with Crippen molar-refractivity contribution >= 4 is 35.6 Å². The van der Waals surface area contributed by atoms with Crippen LogP contribution in [0.1, 0.15) is 131 Å². The number of ether oxygens (including phenoxy) is 1. The quantitative estimate of drug-likeness (QED) is 0.136. The molecule has 0 aromatic heterocycles. The molecule has 5 aliphatic rings. The number of hydrogen-bond acceptors (Lipinski definition) is 7. The Hall–Kier alpha value is -3.38. The van der Waals surface area contributed by atoms with Crippen molar-refractivity contribution in [3.05, 3.63) is 0 Å². The van der Waals surface area contributed by atoms with E-state index in [-0.39, 0.29) is 30.4 Å². The molecule has 3 unspecified atom stereocenters. The molecular weight excluding hydrogens is 676 g/mol. The molecule has 5 rings (SSSR count). The predicted molar refractivity (Wildman–Crippen MR) is 200 cm³/mol. The van der Waals surface area contributed by atoms with Gasteiger partial charge >= 0.3 is 12.1 Å². The van der Waals surface area contributed by atoms with Crippen LogP contribution >= 0.6 is 0 Å². The van der Waals surface area contributed by atoms with Crippen molar-refractivity contribution in [3.63, 3.8) is 0 Å². The van der Waals surface area contributed by atoms with Crippen LogP contribution < -0.4 is 26.6 Å². The molecule has 0 spiro atoms. The zero-order valence-corrected chi connectivity index (χ0v) is 33.0. The number of nitrogens with one attached hydrogen (secondary N) is 5. The monoisotopic (exact) mass is 742 g/mol. The Bertz CT molecular complexity index is 1340. The third kappa shape index (κ3) is 11.6.